The van der Waals surface area contributed by atoms with Gasteiger partial charge in [0.15, 0.2) is 0 Å². The number of nitrogen functional groups attached to an aromatic ring is 1. The third-order valence-corrected chi connectivity index (χ3v) is 7.51. The van der Waals surface area contributed by atoms with Crippen LogP contribution in [0.1, 0.15) is 18.2 Å². The number of rotatable bonds is 9. The lowest BCUT2D eigenvalue weighted by Gasteiger charge is -2.19. The highest BCUT2D eigenvalue weighted by Gasteiger charge is 2.43. The summed E-state index contributed by atoms with van der Waals surface area (Å²) >= 11 is 0. The van der Waals surface area contributed by atoms with Crippen LogP contribution in [0, 0.1) is 6.92 Å². The number of hydrogen-bond acceptors (Lipinski definition) is 11. The molecule has 18 nitrogen and oxygen atoms in total. The predicted molar refractivity (Wildman–Crippen MR) is 98.9 cm³/mol. The van der Waals surface area contributed by atoms with E-state index in [2.05, 4.69) is 28.2 Å². The highest BCUT2D eigenvalue weighted by molar-refractivity contribution is 7.66. The first-order chi connectivity index (χ1) is 14.1. The van der Waals surface area contributed by atoms with Crippen molar-refractivity contribution < 1.29 is 51.2 Å². The van der Waals surface area contributed by atoms with Crippen LogP contribution in [0.15, 0.2) is 16.1 Å². The molecule has 6 N–H and O–H groups in total. The van der Waals surface area contributed by atoms with Crippen LogP contribution in [0.25, 0.3) is 10.4 Å². The van der Waals surface area contributed by atoms with Gasteiger partial charge < -0.3 is 30.0 Å². The van der Waals surface area contributed by atoms with Crippen LogP contribution in [0.4, 0.5) is 5.82 Å². The molecule has 1 aliphatic rings. The van der Waals surface area contributed by atoms with Crippen LogP contribution < -0.4 is 11.4 Å². The first-order valence-electron chi connectivity index (χ1n) is 7.96. The van der Waals surface area contributed by atoms with Gasteiger partial charge in [-0.15, -0.1) is 0 Å². The molecule has 2 rings (SSSR count). The number of nitrogens with two attached hydrogens (primary N) is 1. The third-order valence-electron chi connectivity index (χ3n) is 3.71. The van der Waals surface area contributed by atoms with Crippen molar-refractivity contribution in [2.24, 2.45) is 5.11 Å². The van der Waals surface area contributed by atoms with E-state index in [0.29, 0.717) is 5.56 Å². The quantitative estimate of drug-likeness (QED) is 0.132. The Kier molecular flexibility index (Phi) is 7.82. The maximum absolute atomic E-state index is 12.1. The van der Waals surface area contributed by atoms with Gasteiger partial charge in [0.05, 0.1) is 18.8 Å². The van der Waals surface area contributed by atoms with Gasteiger partial charge in [-0.2, -0.15) is 13.6 Å². The molecule has 1 fully saturated rings. The van der Waals surface area contributed by atoms with Crippen molar-refractivity contribution in [3.63, 3.8) is 0 Å². The van der Waals surface area contributed by atoms with E-state index in [1.807, 2.05) is 0 Å². The number of anilines is 1. The molecule has 1 aromatic heterocycles. The third kappa shape index (κ3) is 7.47. The van der Waals surface area contributed by atoms with Crippen molar-refractivity contribution in [3.8, 4) is 0 Å². The van der Waals surface area contributed by atoms with Crippen molar-refractivity contribution in [3.05, 3.63) is 32.7 Å². The molecule has 21 heteroatoms. The summed E-state index contributed by atoms with van der Waals surface area (Å²) in [5.41, 5.74) is 13.9. The number of aryl methyl sites for hydroxylation is 1. The van der Waals surface area contributed by atoms with Crippen LogP contribution in [-0.4, -0.2) is 47.9 Å². The Morgan fingerprint density at radius 2 is 1.97 bits per heavy atom. The van der Waals surface area contributed by atoms with Gasteiger partial charge in [0.25, 0.3) is 0 Å². The maximum Gasteiger partial charge on any atom is 0.490 e. The van der Waals surface area contributed by atoms with Crippen LogP contribution in [-0.2, 0) is 31.6 Å². The van der Waals surface area contributed by atoms with Gasteiger partial charge in [-0.05, 0) is 12.5 Å². The fourth-order valence-corrected chi connectivity index (χ4v) is 5.51. The fraction of sp³-hybridized carbons (Fsp3) is 0.600. The normalized spacial score (nSPS) is 25.4. The number of hydrogen-bond donors (Lipinski definition) is 5. The first kappa shape index (κ1) is 25.6. The number of aromatic nitrogens is 2. The van der Waals surface area contributed by atoms with E-state index >= 15 is 0 Å². The Morgan fingerprint density at radius 3 is 2.55 bits per heavy atom. The Hall–Kier alpha value is -1.64. The van der Waals surface area contributed by atoms with Crippen molar-refractivity contribution >= 4 is 29.3 Å². The summed E-state index contributed by atoms with van der Waals surface area (Å²) in [5, 5.41) is 3.45. The summed E-state index contributed by atoms with van der Waals surface area (Å²) in [4.78, 5) is 53.9. The summed E-state index contributed by atoms with van der Waals surface area (Å²) in [6, 6.07) is -1.01. The van der Waals surface area contributed by atoms with Crippen LogP contribution >= 0.6 is 23.5 Å². The molecule has 5 atom stereocenters. The van der Waals surface area contributed by atoms with E-state index in [1.165, 1.54) is 6.20 Å². The molecule has 0 aliphatic carbocycles. The monoisotopic (exact) mass is 506 g/mol. The van der Waals surface area contributed by atoms with Crippen LogP contribution in [0.3, 0.4) is 0 Å². The molecule has 1 aromatic rings. The van der Waals surface area contributed by atoms with Gasteiger partial charge >= 0.3 is 29.2 Å². The standard InChI is InChI=1S/C10H17N6O12P3/c1-5-3-16(10(17)13-9(5)11)8-2-6(14-15-12)7(26-8)4-25-30(21,22)28-31(23,24)27-29(18,19)20/h3,6-8H,2,4H2,1H3,(H,21,22)(H,23,24)(H2,11,13,17)(H2,18,19,20)/t6-,7+,8+/m1/s1. The molecule has 0 aromatic carbocycles. The molecule has 1 aliphatic heterocycles. The fourth-order valence-electron chi connectivity index (χ4n) is 2.48. The van der Waals surface area contributed by atoms with E-state index in [0.717, 1.165) is 4.57 Å². The van der Waals surface area contributed by atoms with E-state index in [9.17, 15) is 23.4 Å². The smallest absolute Gasteiger partial charge is 0.383 e. The molecule has 0 bridgehead atoms. The second-order valence-corrected chi connectivity index (χ2v) is 10.4. The SMILES string of the molecule is Cc1cn([C@@H]2C[C@@H](N=[N+]=[N-])[C@H](COP(=O)(O)OP(=O)(O)OP(=O)(O)O)O2)c(=O)nc1N. The van der Waals surface area contributed by atoms with Crippen molar-refractivity contribution in [2.75, 3.05) is 12.3 Å². The summed E-state index contributed by atoms with van der Waals surface area (Å²) in [5.74, 6) is -0.00458. The number of nitrogens with zero attached hydrogens (tertiary/aromatic N) is 5. The van der Waals surface area contributed by atoms with E-state index in [-0.39, 0.29) is 12.2 Å². The zero-order valence-corrected chi connectivity index (χ0v) is 18.1. The Labute approximate surface area is 172 Å². The van der Waals surface area contributed by atoms with Crippen LogP contribution in [0.2, 0.25) is 0 Å². The number of azide groups is 1. The van der Waals surface area contributed by atoms with Gasteiger partial charge in [0.2, 0.25) is 0 Å². The molecular formula is C10H17N6O12P3. The maximum atomic E-state index is 12.1. The molecule has 0 saturated carbocycles. The summed E-state index contributed by atoms with van der Waals surface area (Å²) in [6.07, 6.45) is -0.980. The van der Waals surface area contributed by atoms with E-state index < -0.39 is 54.1 Å². The number of phosphoric ester groups is 1. The van der Waals surface area contributed by atoms with Gasteiger partial charge in [0.1, 0.15) is 12.0 Å². The zero-order valence-electron chi connectivity index (χ0n) is 15.4. The molecule has 0 radical (unpaired) electrons. The molecule has 0 amide bonds. The molecule has 1 saturated heterocycles. The second-order valence-electron chi connectivity index (χ2n) is 6.02. The number of phosphoric acid groups is 3. The largest absolute Gasteiger partial charge is 0.490 e. The van der Waals surface area contributed by atoms with Gasteiger partial charge in [-0.25, -0.2) is 18.5 Å². The van der Waals surface area contributed by atoms with Crippen molar-refractivity contribution in [1.29, 1.82) is 0 Å². The molecule has 2 unspecified atom stereocenters. The topological polar surface area (TPSA) is 279 Å². The Morgan fingerprint density at radius 1 is 1.32 bits per heavy atom. The summed E-state index contributed by atoms with van der Waals surface area (Å²) < 4.78 is 52.0. The minimum atomic E-state index is -5.69. The minimum Gasteiger partial charge on any atom is -0.383 e. The lowest BCUT2D eigenvalue weighted by molar-refractivity contribution is -0.0266. The lowest BCUT2D eigenvalue weighted by atomic mass is 10.1. The molecular weight excluding hydrogens is 489 g/mol. The van der Waals surface area contributed by atoms with Gasteiger partial charge in [-0.1, -0.05) is 5.11 Å². The minimum absolute atomic E-state index is 0.00458. The molecule has 174 valence electrons. The Bertz CT molecular complexity index is 1080. The Balaban J connectivity index is 2.13. The van der Waals surface area contributed by atoms with Crippen molar-refractivity contribution in [1.82, 2.24) is 9.55 Å². The van der Waals surface area contributed by atoms with Crippen molar-refractivity contribution in [2.45, 2.75) is 31.7 Å². The average molecular weight is 506 g/mol. The zero-order chi connectivity index (χ0) is 23.6. The summed E-state index contributed by atoms with van der Waals surface area (Å²) in [6.45, 7) is 0.727. The number of ether oxygens (including phenoxy) is 1. The average Bonchev–Trinajstić information content (AvgIpc) is 2.96. The predicted octanol–water partition coefficient (Wildman–Crippen LogP) is 0.444. The van der Waals surface area contributed by atoms with E-state index in [4.69, 9.17) is 30.7 Å². The van der Waals surface area contributed by atoms with Crippen LogP contribution in [0.5, 0.6) is 0 Å². The molecule has 0 spiro atoms. The lowest BCUT2D eigenvalue weighted by Crippen LogP contribution is -2.29. The van der Waals surface area contributed by atoms with E-state index in [1.54, 1.807) is 6.92 Å². The molecule has 2 heterocycles. The van der Waals surface area contributed by atoms with Gasteiger partial charge in [-0.3, -0.25) is 9.09 Å². The second kappa shape index (κ2) is 9.46. The first-order valence-corrected chi connectivity index (χ1v) is 12.5. The highest BCUT2D eigenvalue weighted by atomic mass is 31.3. The highest BCUT2D eigenvalue weighted by Crippen LogP contribution is 2.66. The molecule has 31 heavy (non-hydrogen) atoms. The van der Waals surface area contributed by atoms with Gasteiger partial charge in [0, 0.05) is 23.1 Å². The summed E-state index contributed by atoms with van der Waals surface area (Å²) in [7, 11) is -16.6.